The summed E-state index contributed by atoms with van der Waals surface area (Å²) in [7, 11) is 0. The van der Waals surface area contributed by atoms with Gasteiger partial charge in [0.1, 0.15) is 0 Å². The fraction of sp³-hybridized carbons (Fsp3) is 0.562. The summed E-state index contributed by atoms with van der Waals surface area (Å²) in [6, 6.07) is 6.75. The van der Waals surface area contributed by atoms with Crippen LogP contribution in [0.15, 0.2) is 18.2 Å². The van der Waals surface area contributed by atoms with Crippen LogP contribution in [0.3, 0.4) is 0 Å². The highest BCUT2D eigenvalue weighted by atomic mass is 35.5. The molecule has 0 amide bonds. The molecule has 3 nitrogen and oxygen atoms in total. The molecule has 0 saturated carbocycles. The maximum atomic E-state index is 10.8. The van der Waals surface area contributed by atoms with Crippen LogP contribution in [0.2, 0.25) is 5.02 Å². The van der Waals surface area contributed by atoms with Gasteiger partial charge >= 0.3 is 5.97 Å². The molecule has 0 bridgehead atoms. The van der Waals surface area contributed by atoms with Crippen LogP contribution >= 0.6 is 11.6 Å². The van der Waals surface area contributed by atoms with E-state index < -0.39 is 5.97 Å². The van der Waals surface area contributed by atoms with E-state index in [1.54, 1.807) is 0 Å². The number of fused-ring (bicyclic) bond motifs is 1. The van der Waals surface area contributed by atoms with E-state index in [0.717, 1.165) is 37.4 Å². The Kier molecular flexibility index (Phi) is 3.99. The van der Waals surface area contributed by atoms with E-state index in [1.807, 2.05) is 6.07 Å². The van der Waals surface area contributed by atoms with Crippen molar-refractivity contribution < 1.29 is 9.90 Å². The van der Waals surface area contributed by atoms with Gasteiger partial charge in [-0.1, -0.05) is 17.7 Å². The molecule has 1 N–H and O–H groups in total. The summed E-state index contributed by atoms with van der Waals surface area (Å²) in [5.41, 5.74) is 2.81. The molecule has 1 aromatic carbocycles. The van der Waals surface area contributed by atoms with Gasteiger partial charge in [-0.3, -0.25) is 9.69 Å². The number of hydrogen-bond donors (Lipinski definition) is 1. The van der Waals surface area contributed by atoms with Crippen molar-refractivity contribution in [1.29, 1.82) is 0 Å². The highest BCUT2D eigenvalue weighted by molar-refractivity contribution is 6.30. The van der Waals surface area contributed by atoms with Crippen LogP contribution in [0.4, 0.5) is 0 Å². The largest absolute Gasteiger partial charge is 0.481 e. The van der Waals surface area contributed by atoms with Crippen LogP contribution in [0.5, 0.6) is 0 Å². The number of nitrogens with zero attached hydrogens (tertiary/aromatic N) is 1. The first kappa shape index (κ1) is 13.9. The molecule has 20 heavy (non-hydrogen) atoms. The standard InChI is InChI=1S/C16H20ClNO2/c17-13-2-3-14-12(10-13)1-4-15(14)18-7-5-11(6-8-18)9-16(19)20/h2-3,10-11,15H,1,4-9H2,(H,19,20). The van der Waals surface area contributed by atoms with Crippen molar-refractivity contribution in [3.05, 3.63) is 34.3 Å². The van der Waals surface area contributed by atoms with Crippen LogP contribution in [0.25, 0.3) is 0 Å². The SMILES string of the molecule is O=C(O)CC1CCN(C2CCc3cc(Cl)ccc32)CC1. The molecule has 3 rings (SSSR count). The zero-order valence-electron chi connectivity index (χ0n) is 11.5. The Bertz CT molecular complexity index is 509. The Balaban J connectivity index is 1.64. The second-order valence-corrected chi connectivity index (χ2v) is 6.41. The zero-order chi connectivity index (χ0) is 14.1. The number of carboxylic acid groups (broad SMARTS) is 1. The minimum absolute atomic E-state index is 0.324. The highest BCUT2D eigenvalue weighted by Crippen LogP contribution is 2.39. The van der Waals surface area contributed by atoms with Gasteiger partial charge in [-0.05, 0) is 68.0 Å². The summed E-state index contributed by atoms with van der Waals surface area (Å²) in [6.07, 6.45) is 4.61. The molecular formula is C16H20ClNO2. The molecule has 1 aliphatic heterocycles. The quantitative estimate of drug-likeness (QED) is 0.927. The molecule has 0 aromatic heterocycles. The molecule has 0 spiro atoms. The first-order valence-electron chi connectivity index (χ1n) is 7.37. The second-order valence-electron chi connectivity index (χ2n) is 5.97. The van der Waals surface area contributed by atoms with Gasteiger partial charge in [-0.2, -0.15) is 0 Å². The number of benzene rings is 1. The second kappa shape index (κ2) is 5.74. The molecule has 108 valence electrons. The number of hydrogen-bond acceptors (Lipinski definition) is 2. The van der Waals surface area contributed by atoms with E-state index in [1.165, 1.54) is 17.5 Å². The lowest BCUT2D eigenvalue weighted by Crippen LogP contribution is -2.36. The number of rotatable bonds is 3. The average molecular weight is 294 g/mol. The number of aliphatic carboxylic acids is 1. The third-order valence-corrected chi connectivity index (χ3v) is 4.94. The number of piperidine rings is 1. The maximum Gasteiger partial charge on any atom is 0.303 e. The van der Waals surface area contributed by atoms with E-state index in [2.05, 4.69) is 17.0 Å². The van der Waals surface area contributed by atoms with Crippen molar-refractivity contribution >= 4 is 17.6 Å². The summed E-state index contributed by atoms with van der Waals surface area (Å²) < 4.78 is 0. The fourth-order valence-electron chi connectivity index (χ4n) is 3.66. The molecule has 1 saturated heterocycles. The number of carboxylic acids is 1. The van der Waals surface area contributed by atoms with E-state index in [-0.39, 0.29) is 0 Å². The lowest BCUT2D eigenvalue weighted by molar-refractivity contribution is -0.138. The smallest absolute Gasteiger partial charge is 0.303 e. The Morgan fingerprint density at radius 2 is 2.05 bits per heavy atom. The predicted molar refractivity (Wildman–Crippen MR) is 79.1 cm³/mol. The van der Waals surface area contributed by atoms with Gasteiger partial charge in [0.25, 0.3) is 0 Å². The van der Waals surface area contributed by atoms with Crippen molar-refractivity contribution in [2.75, 3.05) is 13.1 Å². The van der Waals surface area contributed by atoms with Gasteiger partial charge in [-0.25, -0.2) is 0 Å². The van der Waals surface area contributed by atoms with E-state index in [9.17, 15) is 4.79 Å². The van der Waals surface area contributed by atoms with Crippen LogP contribution in [0, 0.1) is 5.92 Å². The van der Waals surface area contributed by atoms with Gasteiger partial charge in [0.15, 0.2) is 0 Å². The molecule has 1 heterocycles. The van der Waals surface area contributed by atoms with Crippen LogP contribution in [-0.2, 0) is 11.2 Å². The first-order valence-corrected chi connectivity index (χ1v) is 7.75. The average Bonchev–Trinajstić information content (AvgIpc) is 2.82. The van der Waals surface area contributed by atoms with Crippen LogP contribution in [-0.4, -0.2) is 29.1 Å². The highest BCUT2D eigenvalue weighted by Gasteiger charge is 2.31. The summed E-state index contributed by atoms with van der Waals surface area (Å²) in [5, 5.41) is 9.70. The fourth-order valence-corrected chi connectivity index (χ4v) is 3.85. The first-order chi connectivity index (χ1) is 9.63. The Morgan fingerprint density at radius 3 is 2.75 bits per heavy atom. The minimum Gasteiger partial charge on any atom is -0.481 e. The van der Waals surface area contributed by atoms with Gasteiger partial charge in [0.05, 0.1) is 0 Å². The summed E-state index contributed by atoms with van der Waals surface area (Å²) in [5.74, 6) is -0.306. The van der Waals surface area contributed by atoms with E-state index in [0.29, 0.717) is 18.4 Å². The summed E-state index contributed by atoms with van der Waals surface area (Å²) in [6.45, 7) is 2.04. The monoisotopic (exact) mass is 293 g/mol. The van der Waals surface area contributed by atoms with Crippen molar-refractivity contribution in [3.8, 4) is 0 Å². The minimum atomic E-state index is -0.663. The maximum absolute atomic E-state index is 10.8. The Hall–Kier alpha value is -1.06. The number of halogens is 1. The Morgan fingerprint density at radius 1 is 1.30 bits per heavy atom. The number of carbonyl (C=O) groups is 1. The molecule has 1 aliphatic carbocycles. The van der Waals surface area contributed by atoms with Crippen molar-refractivity contribution in [3.63, 3.8) is 0 Å². The van der Waals surface area contributed by atoms with E-state index in [4.69, 9.17) is 16.7 Å². The normalized spacial score (nSPS) is 23.8. The number of aryl methyl sites for hydroxylation is 1. The topological polar surface area (TPSA) is 40.5 Å². The van der Waals surface area contributed by atoms with Crippen LogP contribution in [0.1, 0.15) is 42.9 Å². The lowest BCUT2D eigenvalue weighted by atomic mass is 9.92. The summed E-state index contributed by atoms with van der Waals surface area (Å²) in [4.78, 5) is 13.3. The van der Waals surface area contributed by atoms with Gasteiger partial charge < -0.3 is 5.11 Å². The van der Waals surface area contributed by atoms with Crippen molar-refractivity contribution in [1.82, 2.24) is 4.90 Å². The van der Waals surface area contributed by atoms with Crippen molar-refractivity contribution in [2.45, 2.75) is 38.1 Å². The molecule has 2 aliphatic rings. The van der Waals surface area contributed by atoms with Gasteiger partial charge in [0.2, 0.25) is 0 Å². The molecule has 0 radical (unpaired) electrons. The van der Waals surface area contributed by atoms with Crippen molar-refractivity contribution in [2.24, 2.45) is 5.92 Å². The van der Waals surface area contributed by atoms with Gasteiger partial charge in [0, 0.05) is 17.5 Å². The van der Waals surface area contributed by atoms with Gasteiger partial charge in [-0.15, -0.1) is 0 Å². The Labute approximate surface area is 124 Å². The molecule has 4 heteroatoms. The summed E-state index contributed by atoms with van der Waals surface area (Å²) >= 11 is 6.06. The third kappa shape index (κ3) is 2.84. The number of likely N-dealkylation sites (tertiary alicyclic amines) is 1. The molecule has 1 fully saturated rings. The predicted octanol–water partition coefficient (Wildman–Crippen LogP) is 3.51. The zero-order valence-corrected chi connectivity index (χ0v) is 12.3. The molecular weight excluding hydrogens is 274 g/mol. The molecule has 1 unspecified atom stereocenters. The molecule has 1 atom stereocenters. The lowest BCUT2D eigenvalue weighted by Gasteiger charge is -2.36. The van der Waals surface area contributed by atoms with Crippen LogP contribution < -0.4 is 0 Å². The van der Waals surface area contributed by atoms with E-state index >= 15 is 0 Å². The third-order valence-electron chi connectivity index (χ3n) is 4.70. The molecule has 1 aromatic rings.